The molecule has 1 amide bonds. The SMILES string of the molecule is COc1ccccc1NC(=O)C1CCN(CC(O)COc2cccc3ccccc23)CC1. The number of benzene rings is 3. The van der Waals surface area contributed by atoms with Gasteiger partial charge in [-0.3, -0.25) is 4.79 Å². The number of β-amino-alcohol motifs (C(OH)–C–C–N with tert-alkyl or cyclic N) is 1. The lowest BCUT2D eigenvalue weighted by molar-refractivity contribution is -0.121. The summed E-state index contributed by atoms with van der Waals surface area (Å²) >= 11 is 0. The average molecular weight is 435 g/mol. The molecular formula is C26H30N2O4. The topological polar surface area (TPSA) is 71.0 Å². The van der Waals surface area contributed by atoms with Crippen molar-refractivity contribution in [3.05, 3.63) is 66.7 Å². The number of methoxy groups -OCH3 is 1. The molecule has 1 unspecified atom stereocenters. The van der Waals surface area contributed by atoms with Gasteiger partial charge in [-0.15, -0.1) is 0 Å². The van der Waals surface area contributed by atoms with Crippen LogP contribution in [0.5, 0.6) is 11.5 Å². The van der Waals surface area contributed by atoms with E-state index in [9.17, 15) is 9.90 Å². The summed E-state index contributed by atoms with van der Waals surface area (Å²) in [6, 6.07) is 21.4. The van der Waals surface area contributed by atoms with Crippen LogP contribution in [0.15, 0.2) is 66.7 Å². The number of anilines is 1. The van der Waals surface area contributed by atoms with Gasteiger partial charge in [0.1, 0.15) is 24.2 Å². The Balaban J connectivity index is 1.23. The van der Waals surface area contributed by atoms with E-state index in [1.807, 2.05) is 66.7 Å². The first kappa shape index (κ1) is 22.1. The van der Waals surface area contributed by atoms with Crippen molar-refractivity contribution >= 4 is 22.4 Å². The van der Waals surface area contributed by atoms with E-state index in [4.69, 9.17) is 9.47 Å². The summed E-state index contributed by atoms with van der Waals surface area (Å²) in [5, 5.41) is 15.7. The molecule has 0 spiro atoms. The maximum absolute atomic E-state index is 12.7. The second-order valence-corrected chi connectivity index (χ2v) is 8.21. The number of ether oxygens (including phenoxy) is 2. The van der Waals surface area contributed by atoms with Crippen LogP contribution in [0, 0.1) is 5.92 Å². The Hall–Kier alpha value is -3.09. The first-order chi connectivity index (χ1) is 15.6. The number of para-hydroxylation sites is 2. The average Bonchev–Trinajstić information content (AvgIpc) is 2.83. The van der Waals surface area contributed by atoms with Gasteiger partial charge in [-0.1, -0.05) is 48.5 Å². The largest absolute Gasteiger partial charge is 0.495 e. The summed E-state index contributed by atoms with van der Waals surface area (Å²) in [7, 11) is 1.60. The van der Waals surface area contributed by atoms with E-state index in [1.165, 1.54) is 0 Å². The first-order valence-electron chi connectivity index (χ1n) is 11.1. The summed E-state index contributed by atoms with van der Waals surface area (Å²) in [4.78, 5) is 14.9. The number of carbonyl (C=O) groups excluding carboxylic acids is 1. The summed E-state index contributed by atoms with van der Waals surface area (Å²) in [6.45, 7) is 2.32. The van der Waals surface area contributed by atoms with Crippen LogP contribution in [0.1, 0.15) is 12.8 Å². The molecule has 2 N–H and O–H groups in total. The third-order valence-electron chi connectivity index (χ3n) is 5.97. The van der Waals surface area contributed by atoms with Gasteiger partial charge in [0.15, 0.2) is 0 Å². The monoisotopic (exact) mass is 434 g/mol. The third kappa shape index (κ3) is 5.39. The number of fused-ring (bicyclic) bond motifs is 1. The van der Waals surface area contributed by atoms with Crippen LogP contribution in [0.3, 0.4) is 0 Å². The van der Waals surface area contributed by atoms with Crippen molar-refractivity contribution in [3.8, 4) is 11.5 Å². The van der Waals surface area contributed by atoms with Crippen LogP contribution in [0.2, 0.25) is 0 Å². The quantitative estimate of drug-likeness (QED) is 0.562. The summed E-state index contributed by atoms with van der Waals surface area (Å²) in [6.07, 6.45) is 0.934. The molecule has 6 heteroatoms. The highest BCUT2D eigenvalue weighted by atomic mass is 16.5. The normalized spacial score (nSPS) is 15.9. The molecule has 0 radical (unpaired) electrons. The molecule has 1 heterocycles. The Morgan fingerprint density at radius 3 is 2.53 bits per heavy atom. The molecule has 1 saturated heterocycles. The molecule has 1 fully saturated rings. The van der Waals surface area contributed by atoms with Crippen LogP contribution < -0.4 is 14.8 Å². The van der Waals surface area contributed by atoms with Gasteiger partial charge in [0.2, 0.25) is 5.91 Å². The van der Waals surface area contributed by atoms with E-state index in [0.717, 1.165) is 42.5 Å². The standard InChI is InChI=1S/C26H30N2O4/c1-31-25-11-5-4-10-23(25)27-26(30)20-13-15-28(16-14-20)17-21(29)18-32-24-12-6-8-19-7-2-3-9-22(19)24/h2-12,20-21,29H,13-18H2,1H3,(H,27,30). The number of nitrogens with one attached hydrogen (secondary N) is 1. The number of aliphatic hydroxyl groups excluding tert-OH is 1. The zero-order valence-electron chi connectivity index (χ0n) is 18.4. The maximum Gasteiger partial charge on any atom is 0.227 e. The number of hydrogen-bond donors (Lipinski definition) is 2. The van der Waals surface area contributed by atoms with Crippen LogP contribution in [0.4, 0.5) is 5.69 Å². The number of rotatable bonds is 8. The lowest BCUT2D eigenvalue weighted by Gasteiger charge is -2.32. The minimum Gasteiger partial charge on any atom is -0.495 e. The van der Waals surface area contributed by atoms with E-state index >= 15 is 0 Å². The number of piperidine rings is 1. The maximum atomic E-state index is 12.7. The Labute approximate surface area is 188 Å². The van der Waals surface area contributed by atoms with E-state index in [2.05, 4.69) is 10.2 Å². The Morgan fingerprint density at radius 1 is 1.03 bits per heavy atom. The fourth-order valence-corrected chi connectivity index (χ4v) is 4.22. The highest BCUT2D eigenvalue weighted by Gasteiger charge is 2.26. The van der Waals surface area contributed by atoms with Gasteiger partial charge < -0.3 is 24.8 Å². The van der Waals surface area contributed by atoms with E-state index in [1.54, 1.807) is 7.11 Å². The zero-order chi connectivity index (χ0) is 22.3. The van der Waals surface area contributed by atoms with Crippen molar-refractivity contribution in [2.24, 2.45) is 5.92 Å². The fraction of sp³-hybridized carbons (Fsp3) is 0.346. The van der Waals surface area contributed by atoms with Crippen molar-refractivity contribution in [2.45, 2.75) is 18.9 Å². The number of carbonyl (C=O) groups is 1. The van der Waals surface area contributed by atoms with Gasteiger partial charge in [0.05, 0.1) is 12.8 Å². The summed E-state index contributed by atoms with van der Waals surface area (Å²) < 4.78 is 11.2. The minimum absolute atomic E-state index is 0.0222. The van der Waals surface area contributed by atoms with Crippen molar-refractivity contribution in [2.75, 3.05) is 38.7 Å². The smallest absolute Gasteiger partial charge is 0.227 e. The molecule has 32 heavy (non-hydrogen) atoms. The molecule has 6 nitrogen and oxygen atoms in total. The van der Waals surface area contributed by atoms with Crippen molar-refractivity contribution in [1.29, 1.82) is 0 Å². The van der Waals surface area contributed by atoms with Gasteiger partial charge in [-0.2, -0.15) is 0 Å². The van der Waals surface area contributed by atoms with Crippen molar-refractivity contribution in [1.82, 2.24) is 4.90 Å². The van der Waals surface area contributed by atoms with E-state index < -0.39 is 6.10 Å². The first-order valence-corrected chi connectivity index (χ1v) is 11.1. The number of amides is 1. The Bertz CT molecular complexity index is 1040. The number of hydrogen-bond acceptors (Lipinski definition) is 5. The van der Waals surface area contributed by atoms with E-state index in [-0.39, 0.29) is 18.4 Å². The molecule has 0 aromatic heterocycles. The van der Waals surface area contributed by atoms with Gasteiger partial charge in [-0.25, -0.2) is 0 Å². The minimum atomic E-state index is -0.590. The molecule has 1 aliphatic rings. The number of aliphatic hydroxyl groups is 1. The molecule has 3 aromatic carbocycles. The van der Waals surface area contributed by atoms with Crippen molar-refractivity contribution < 1.29 is 19.4 Å². The van der Waals surface area contributed by atoms with Crippen LogP contribution >= 0.6 is 0 Å². The van der Waals surface area contributed by atoms with Crippen LogP contribution in [-0.4, -0.2) is 55.4 Å². The molecule has 0 bridgehead atoms. The third-order valence-corrected chi connectivity index (χ3v) is 5.97. The number of likely N-dealkylation sites (tertiary alicyclic amines) is 1. The Kier molecular flexibility index (Phi) is 7.24. The van der Waals surface area contributed by atoms with Crippen LogP contribution in [0.25, 0.3) is 10.8 Å². The number of nitrogens with zero attached hydrogens (tertiary/aromatic N) is 1. The lowest BCUT2D eigenvalue weighted by atomic mass is 9.95. The second kappa shape index (κ2) is 10.5. The highest BCUT2D eigenvalue weighted by molar-refractivity contribution is 5.94. The molecule has 4 rings (SSSR count). The predicted octanol–water partition coefficient (Wildman–Crippen LogP) is 3.94. The van der Waals surface area contributed by atoms with Gasteiger partial charge >= 0.3 is 0 Å². The lowest BCUT2D eigenvalue weighted by Crippen LogP contribution is -2.42. The Morgan fingerprint density at radius 2 is 1.72 bits per heavy atom. The molecule has 1 atom stereocenters. The van der Waals surface area contributed by atoms with Crippen LogP contribution in [-0.2, 0) is 4.79 Å². The molecule has 3 aromatic rings. The predicted molar refractivity (Wildman–Crippen MR) is 126 cm³/mol. The molecule has 0 aliphatic carbocycles. The summed E-state index contributed by atoms with van der Waals surface area (Å²) in [5.41, 5.74) is 0.698. The molecular weight excluding hydrogens is 404 g/mol. The van der Waals surface area contributed by atoms with E-state index in [0.29, 0.717) is 18.0 Å². The van der Waals surface area contributed by atoms with Gasteiger partial charge in [0, 0.05) is 17.8 Å². The zero-order valence-corrected chi connectivity index (χ0v) is 18.4. The fourth-order valence-electron chi connectivity index (χ4n) is 4.22. The molecule has 0 saturated carbocycles. The highest BCUT2D eigenvalue weighted by Crippen LogP contribution is 2.27. The molecule has 168 valence electrons. The molecule has 1 aliphatic heterocycles. The van der Waals surface area contributed by atoms with Gasteiger partial charge in [-0.05, 0) is 49.5 Å². The second-order valence-electron chi connectivity index (χ2n) is 8.21. The summed E-state index contributed by atoms with van der Waals surface area (Å²) in [5.74, 6) is 1.43. The van der Waals surface area contributed by atoms with Crippen molar-refractivity contribution in [3.63, 3.8) is 0 Å². The van der Waals surface area contributed by atoms with Gasteiger partial charge in [0.25, 0.3) is 0 Å².